The second-order valence-electron chi connectivity index (χ2n) is 4.56. The first kappa shape index (κ1) is 13.3. The molecule has 0 aliphatic heterocycles. The molecular formula is C16H26. The summed E-state index contributed by atoms with van der Waals surface area (Å²) in [6.07, 6.45) is 27.0. The number of hydrogen-bond acceptors (Lipinski definition) is 0. The van der Waals surface area contributed by atoms with E-state index in [2.05, 4.69) is 36.5 Å². The predicted octanol–water partition coefficient (Wildman–Crippen LogP) is 5.57. The van der Waals surface area contributed by atoms with Crippen LogP contribution in [0.15, 0.2) is 36.5 Å². The van der Waals surface area contributed by atoms with Crippen molar-refractivity contribution in [3.63, 3.8) is 0 Å². The Morgan fingerprint density at radius 1 is 0.312 bits per heavy atom. The van der Waals surface area contributed by atoms with Crippen LogP contribution in [-0.4, -0.2) is 0 Å². The molecule has 0 spiro atoms. The summed E-state index contributed by atoms with van der Waals surface area (Å²) < 4.78 is 0. The lowest BCUT2D eigenvalue weighted by Crippen LogP contribution is -1.80. The Balaban J connectivity index is 0.000000160. The molecule has 0 N–H and O–H groups in total. The van der Waals surface area contributed by atoms with Gasteiger partial charge in [0.15, 0.2) is 0 Å². The van der Waals surface area contributed by atoms with E-state index in [4.69, 9.17) is 0 Å². The first-order valence-corrected chi connectivity index (χ1v) is 6.95. The van der Waals surface area contributed by atoms with Gasteiger partial charge in [-0.1, -0.05) is 49.3 Å². The van der Waals surface area contributed by atoms with Gasteiger partial charge in [0.05, 0.1) is 0 Å². The Hall–Kier alpha value is -0.780. The van der Waals surface area contributed by atoms with E-state index in [1.165, 1.54) is 64.2 Å². The van der Waals surface area contributed by atoms with Crippen molar-refractivity contribution in [1.29, 1.82) is 0 Å². The standard InChI is InChI=1S/C8H14.C8H12/c2*1-2-4-6-8-7-5-3-1/h1-2H,3-8H2;1-2,7-8H,3-6H2/b2-1-;2-1-,8-7-. The molecule has 0 saturated carbocycles. The molecule has 0 unspecified atom stereocenters. The maximum absolute atomic E-state index is 2.32. The van der Waals surface area contributed by atoms with Crippen LogP contribution in [0.3, 0.4) is 0 Å². The molecule has 0 heterocycles. The van der Waals surface area contributed by atoms with Crippen LogP contribution in [0.25, 0.3) is 0 Å². The first-order valence-electron chi connectivity index (χ1n) is 6.95. The van der Waals surface area contributed by atoms with Gasteiger partial charge in [-0.05, 0) is 51.4 Å². The minimum atomic E-state index is 1.23. The second-order valence-corrected chi connectivity index (χ2v) is 4.56. The third kappa shape index (κ3) is 8.52. The fraction of sp³-hybridized carbons (Fsp3) is 0.625. The molecule has 0 aromatic carbocycles. The van der Waals surface area contributed by atoms with Gasteiger partial charge < -0.3 is 0 Å². The van der Waals surface area contributed by atoms with E-state index in [9.17, 15) is 0 Å². The Bertz CT molecular complexity index is 181. The number of allylic oxidation sites excluding steroid dienone is 6. The molecule has 0 aromatic heterocycles. The average Bonchev–Trinajstić information content (AvgIpc) is 2.15. The number of hydrogen-bond donors (Lipinski definition) is 0. The van der Waals surface area contributed by atoms with Gasteiger partial charge in [-0.2, -0.15) is 0 Å². The molecule has 0 nitrogen and oxygen atoms in total. The summed E-state index contributed by atoms with van der Waals surface area (Å²) in [5.74, 6) is 0. The van der Waals surface area contributed by atoms with E-state index >= 15 is 0 Å². The fourth-order valence-electron chi connectivity index (χ4n) is 1.97. The van der Waals surface area contributed by atoms with Crippen molar-refractivity contribution in [1.82, 2.24) is 0 Å². The number of rotatable bonds is 0. The molecule has 2 rings (SSSR count). The van der Waals surface area contributed by atoms with Gasteiger partial charge in [0, 0.05) is 0 Å². The van der Waals surface area contributed by atoms with E-state index < -0.39 is 0 Å². The quantitative estimate of drug-likeness (QED) is 0.466. The Kier molecular flexibility index (Phi) is 8.91. The normalized spacial score (nSPS) is 27.0. The zero-order valence-electron chi connectivity index (χ0n) is 10.5. The highest BCUT2D eigenvalue weighted by Crippen LogP contribution is 2.09. The highest BCUT2D eigenvalue weighted by molar-refractivity contribution is 4.93. The average molecular weight is 218 g/mol. The van der Waals surface area contributed by atoms with Crippen LogP contribution >= 0.6 is 0 Å². The van der Waals surface area contributed by atoms with Gasteiger partial charge >= 0.3 is 0 Å². The second kappa shape index (κ2) is 10.7. The SMILES string of the molecule is C1=C\CC/C=C\CC/1.C1=C\CCCCCC/1. The van der Waals surface area contributed by atoms with E-state index in [1.54, 1.807) is 0 Å². The van der Waals surface area contributed by atoms with Crippen LogP contribution in [0.4, 0.5) is 0 Å². The summed E-state index contributed by atoms with van der Waals surface area (Å²) in [7, 11) is 0. The first-order chi connectivity index (χ1) is 8.00. The molecule has 0 fully saturated rings. The summed E-state index contributed by atoms with van der Waals surface area (Å²) in [4.78, 5) is 0. The van der Waals surface area contributed by atoms with Crippen molar-refractivity contribution >= 4 is 0 Å². The lowest BCUT2D eigenvalue weighted by atomic mass is 10.1. The molecule has 0 heteroatoms. The monoisotopic (exact) mass is 218 g/mol. The van der Waals surface area contributed by atoms with Gasteiger partial charge in [0.25, 0.3) is 0 Å². The van der Waals surface area contributed by atoms with Crippen LogP contribution in [0, 0.1) is 0 Å². The van der Waals surface area contributed by atoms with Crippen LogP contribution in [-0.2, 0) is 0 Å². The van der Waals surface area contributed by atoms with E-state index in [0.29, 0.717) is 0 Å². The molecule has 90 valence electrons. The summed E-state index contributed by atoms with van der Waals surface area (Å²) in [6, 6.07) is 0. The van der Waals surface area contributed by atoms with Crippen LogP contribution < -0.4 is 0 Å². The molecule has 16 heavy (non-hydrogen) atoms. The zero-order chi connectivity index (χ0) is 11.3. The van der Waals surface area contributed by atoms with Gasteiger partial charge in [0.1, 0.15) is 0 Å². The van der Waals surface area contributed by atoms with E-state index in [-0.39, 0.29) is 0 Å². The van der Waals surface area contributed by atoms with Crippen molar-refractivity contribution in [2.75, 3.05) is 0 Å². The van der Waals surface area contributed by atoms with Gasteiger partial charge in [-0.25, -0.2) is 0 Å². The minimum absolute atomic E-state index is 1.23. The molecule has 2 aliphatic carbocycles. The van der Waals surface area contributed by atoms with Crippen molar-refractivity contribution in [2.45, 2.75) is 64.2 Å². The highest BCUT2D eigenvalue weighted by Gasteiger charge is 1.90. The largest absolute Gasteiger partial charge is 0.0885 e. The van der Waals surface area contributed by atoms with Crippen LogP contribution in [0.1, 0.15) is 64.2 Å². The molecule has 0 amide bonds. The Morgan fingerprint density at radius 2 is 0.625 bits per heavy atom. The summed E-state index contributed by atoms with van der Waals surface area (Å²) in [6.45, 7) is 0. The Labute approximate surface area is 101 Å². The maximum Gasteiger partial charge on any atom is -0.0316 e. The van der Waals surface area contributed by atoms with Crippen LogP contribution in [0.2, 0.25) is 0 Å². The van der Waals surface area contributed by atoms with Gasteiger partial charge in [0.2, 0.25) is 0 Å². The lowest BCUT2D eigenvalue weighted by Gasteiger charge is -2.00. The molecule has 0 bridgehead atoms. The molecule has 0 radical (unpaired) electrons. The van der Waals surface area contributed by atoms with E-state index in [0.717, 1.165) is 0 Å². The van der Waals surface area contributed by atoms with Crippen molar-refractivity contribution in [3.05, 3.63) is 36.5 Å². The summed E-state index contributed by atoms with van der Waals surface area (Å²) >= 11 is 0. The summed E-state index contributed by atoms with van der Waals surface area (Å²) in [5, 5.41) is 0. The van der Waals surface area contributed by atoms with Crippen molar-refractivity contribution in [3.8, 4) is 0 Å². The topological polar surface area (TPSA) is 0 Å². The molecule has 0 atom stereocenters. The van der Waals surface area contributed by atoms with Crippen molar-refractivity contribution < 1.29 is 0 Å². The van der Waals surface area contributed by atoms with Crippen LogP contribution in [0.5, 0.6) is 0 Å². The Morgan fingerprint density at radius 3 is 1.00 bits per heavy atom. The fourth-order valence-corrected chi connectivity index (χ4v) is 1.97. The third-order valence-electron chi connectivity index (χ3n) is 2.99. The zero-order valence-corrected chi connectivity index (χ0v) is 10.5. The smallest absolute Gasteiger partial charge is 0.0316 e. The maximum atomic E-state index is 2.32. The molecule has 0 aromatic rings. The van der Waals surface area contributed by atoms with Gasteiger partial charge in [-0.3, -0.25) is 0 Å². The molecule has 2 aliphatic rings. The highest BCUT2D eigenvalue weighted by atomic mass is 14.0. The molecule has 0 saturated heterocycles. The molecular weight excluding hydrogens is 192 g/mol. The van der Waals surface area contributed by atoms with Crippen molar-refractivity contribution in [2.24, 2.45) is 0 Å². The minimum Gasteiger partial charge on any atom is -0.0885 e. The van der Waals surface area contributed by atoms with E-state index in [1.807, 2.05) is 0 Å². The third-order valence-corrected chi connectivity index (χ3v) is 2.99. The summed E-state index contributed by atoms with van der Waals surface area (Å²) in [5.41, 5.74) is 0. The van der Waals surface area contributed by atoms with Gasteiger partial charge in [-0.15, -0.1) is 0 Å². The predicted molar refractivity (Wildman–Crippen MR) is 73.6 cm³/mol. The lowest BCUT2D eigenvalue weighted by molar-refractivity contribution is 0.638.